The van der Waals surface area contributed by atoms with Crippen LogP contribution in [0.2, 0.25) is 0 Å². The largest absolute Gasteiger partial charge is 0.375 e. The van der Waals surface area contributed by atoms with Crippen molar-refractivity contribution in [1.82, 2.24) is 4.90 Å². The summed E-state index contributed by atoms with van der Waals surface area (Å²) in [5.74, 6) is 0.0224. The maximum atomic E-state index is 10.3. The lowest BCUT2D eigenvalue weighted by Gasteiger charge is -2.18. The fraction of sp³-hybridized carbons (Fsp3) is 0.900. The zero-order valence-corrected chi connectivity index (χ0v) is 13.1. The topological polar surface area (TPSA) is 29.5 Å². The number of hydrogen-bond donors (Lipinski definition) is 0. The molecule has 0 spiro atoms. The fourth-order valence-electron chi connectivity index (χ4n) is 0.464. The van der Waals surface area contributed by atoms with Crippen molar-refractivity contribution in [3.8, 4) is 0 Å². The predicted molar refractivity (Wildman–Crippen MR) is 74.0 cm³/mol. The number of halogens is 2. The first kappa shape index (κ1) is 17.8. The molecule has 15 heavy (non-hydrogen) atoms. The molecule has 0 radical (unpaired) electrons. The van der Waals surface area contributed by atoms with E-state index < -0.39 is 0 Å². The number of carbonyl (C=O) groups is 1. The molecule has 3 nitrogen and oxygen atoms in total. The summed E-state index contributed by atoms with van der Waals surface area (Å²) in [6, 6.07) is 0. The summed E-state index contributed by atoms with van der Waals surface area (Å²) in [6.07, 6.45) is 0. The van der Waals surface area contributed by atoms with Gasteiger partial charge in [-0.15, -0.1) is 11.6 Å². The van der Waals surface area contributed by atoms with Crippen LogP contribution in [0.25, 0.3) is 0 Å². The maximum Gasteiger partial charge on any atom is 0.236 e. The van der Waals surface area contributed by atoms with Crippen molar-refractivity contribution in [3.05, 3.63) is 0 Å². The van der Waals surface area contributed by atoms with E-state index in [1.807, 2.05) is 0 Å². The van der Waals surface area contributed by atoms with Crippen molar-refractivity contribution >= 4 is 40.1 Å². The number of amides is 1. The molecule has 0 N–H and O–H groups in total. The number of alkyl halides is 2. The zero-order chi connectivity index (χ0) is 12.5. The van der Waals surface area contributed by atoms with Crippen molar-refractivity contribution in [3.63, 3.8) is 0 Å². The van der Waals surface area contributed by atoms with Gasteiger partial charge in [-0.3, -0.25) is 4.79 Å². The summed E-state index contributed by atoms with van der Waals surface area (Å²) in [5, 5.41) is 0. The quantitative estimate of drug-likeness (QED) is 0.579. The monoisotopic (exact) mass is 349 g/mol. The summed E-state index contributed by atoms with van der Waals surface area (Å²) in [4.78, 5) is 11.8. The van der Waals surface area contributed by atoms with Crippen molar-refractivity contribution < 1.29 is 9.53 Å². The highest BCUT2D eigenvalue weighted by atomic mass is 127. The van der Waals surface area contributed by atoms with Gasteiger partial charge in [-0.05, 0) is 20.8 Å². The number of carbonyl (C=O) groups excluding carboxylic acids is 1. The van der Waals surface area contributed by atoms with Gasteiger partial charge in [0.15, 0.2) is 0 Å². The van der Waals surface area contributed by atoms with E-state index in [1.54, 1.807) is 14.1 Å². The smallest absolute Gasteiger partial charge is 0.236 e. The van der Waals surface area contributed by atoms with Crippen LogP contribution in [0.1, 0.15) is 20.8 Å². The maximum absolute atomic E-state index is 10.3. The first-order chi connectivity index (χ1) is 6.74. The number of nitrogens with zero attached hydrogens (tertiary/aromatic N) is 1. The molecule has 0 aromatic carbocycles. The normalized spacial score (nSPS) is 10.3. The lowest BCUT2D eigenvalue weighted by Crippen LogP contribution is -2.22. The third kappa shape index (κ3) is 17.1. The van der Waals surface area contributed by atoms with E-state index in [4.69, 9.17) is 16.3 Å². The van der Waals surface area contributed by atoms with E-state index in [-0.39, 0.29) is 17.4 Å². The van der Waals surface area contributed by atoms with Crippen molar-refractivity contribution in [1.29, 1.82) is 0 Å². The van der Waals surface area contributed by atoms with E-state index in [9.17, 15) is 4.79 Å². The molecule has 0 aliphatic rings. The molecule has 1 amide bonds. The Hall–Kier alpha value is 0.450. The van der Waals surface area contributed by atoms with Gasteiger partial charge < -0.3 is 9.64 Å². The Bertz CT molecular complexity index is 169. The molecule has 0 aromatic rings. The van der Waals surface area contributed by atoms with Gasteiger partial charge in [-0.2, -0.15) is 0 Å². The molecule has 0 aliphatic heterocycles. The average molecular weight is 350 g/mol. The molecular weight excluding hydrogens is 328 g/mol. The van der Waals surface area contributed by atoms with Gasteiger partial charge in [-0.1, -0.05) is 22.6 Å². The molecule has 0 atom stereocenters. The summed E-state index contributed by atoms with van der Waals surface area (Å²) in [5.41, 5.74) is 0.0468. The first-order valence-electron chi connectivity index (χ1n) is 4.70. The number of hydrogen-bond acceptors (Lipinski definition) is 2. The molecule has 0 aliphatic carbocycles. The van der Waals surface area contributed by atoms with Gasteiger partial charge in [-0.25, -0.2) is 0 Å². The molecule has 0 bridgehead atoms. The fourth-order valence-corrected chi connectivity index (χ4v) is 0.924. The minimum atomic E-state index is -0.0540. The Morgan fingerprint density at radius 1 is 1.40 bits per heavy atom. The highest BCUT2D eigenvalue weighted by Crippen LogP contribution is 2.05. The molecule has 0 saturated heterocycles. The molecule has 0 fully saturated rings. The molecular formula is C10H21ClINO2. The van der Waals surface area contributed by atoms with Gasteiger partial charge in [0.2, 0.25) is 5.91 Å². The third-order valence-electron chi connectivity index (χ3n) is 1.23. The Kier molecular flexibility index (Phi) is 11.5. The van der Waals surface area contributed by atoms with Crippen molar-refractivity contribution in [2.45, 2.75) is 26.4 Å². The highest BCUT2D eigenvalue weighted by Gasteiger charge is 2.07. The first-order valence-corrected chi connectivity index (χ1v) is 6.76. The van der Waals surface area contributed by atoms with E-state index in [0.717, 1.165) is 11.0 Å². The van der Waals surface area contributed by atoms with Gasteiger partial charge >= 0.3 is 0 Å². The minimum absolute atomic E-state index is 0.0468. The average Bonchev–Trinajstić information content (AvgIpc) is 2.13. The summed E-state index contributed by atoms with van der Waals surface area (Å²) < 4.78 is 6.45. The van der Waals surface area contributed by atoms with Gasteiger partial charge in [0, 0.05) is 18.5 Å². The van der Waals surface area contributed by atoms with Gasteiger partial charge in [0.1, 0.15) is 5.88 Å². The highest BCUT2D eigenvalue weighted by molar-refractivity contribution is 14.1. The minimum Gasteiger partial charge on any atom is -0.375 e. The van der Waals surface area contributed by atoms with E-state index in [0.29, 0.717) is 0 Å². The Morgan fingerprint density at radius 2 is 1.87 bits per heavy atom. The predicted octanol–water partition coefficient (Wildman–Crippen LogP) is 2.55. The van der Waals surface area contributed by atoms with Crippen LogP contribution in [-0.4, -0.2) is 47.4 Å². The molecule has 0 unspecified atom stereocenters. The van der Waals surface area contributed by atoms with Crippen molar-refractivity contribution in [2.24, 2.45) is 0 Å². The van der Waals surface area contributed by atoms with E-state index in [2.05, 4.69) is 43.4 Å². The molecule has 0 saturated carbocycles. The summed E-state index contributed by atoms with van der Waals surface area (Å²) >= 11 is 7.46. The standard InChI is InChI=1S/C6H13IO.C4H8ClNO/c1-6(2,3)8-5-4-7;1-6(2)4(7)3-5/h4-5H2,1-3H3;3H2,1-2H3. The lowest BCUT2D eigenvalue weighted by atomic mass is 10.2. The van der Waals surface area contributed by atoms with E-state index >= 15 is 0 Å². The van der Waals surface area contributed by atoms with Crippen LogP contribution < -0.4 is 0 Å². The van der Waals surface area contributed by atoms with Gasteiger partial charge in [0.05, 0.1) is 12.2 Å². The molecule has 5 heteroatoms. The van der Waals surface area contributed by atoms with Crippen LogP contribution in [0.5, 0.6) is 0 Å². The second-order valence-corrected chi connectivity index (χ2v) is 5.42. The Balaban J connectivity index is 0. The number of ether oxygens (including phenoxy) is 1. The van der Waals surface area contributed by atoms with Crippen LogP contribution in [0.3, 0.4) is 0 Å². The molecule has 0 aromatic heterocycles. The van der Waals surface area contributed by atoms with Gasteiger partial charge in [0.25, 0.3) is 0 Å². The van der Waals surface area contributed by atoms with Crippen molar-refractivity contribution in [2.75, 3.05) is 31.0 Å². The molecule has 92 valence electrons. The summed E-state index contributed by atoms with van der Waals surface area (Å²) in [6.45, 7) is 7.07. The van der Waals surface area contributed by atoms with Crippen LogP contribution in [0, 0.1) is 0 Å². The van der Waals surface area contributed by atoms with Crippen LogP contribution in [-0.2, 0) is 9.53 Å². The SMILES string of the molecule is CC(C)(C)OCCI.CN(C)C(=O)CCl. The molecule has 0 rings (SSSR count). The third-order valence-corrected chi connectivity index (χ3v) is 1.89. The lowest BCUT2D eigenvalue weighted by molar-refractivity contribution is -0.126. The van der Waals surface area contributed by atoms with Crippen LogP contribution >= 0.6 is 34.2 Å². The Morgan fingerprint density at radius 3 is 1.93 bits per heavy atom. The number of rotatable bonds is 3. The second-order valence-electron chi connectivity index (χ2n) is 4.07. The second kappa shape index (κ2) is 9.66. The Labute approximate surface area is 112 Å². The van der Waals surface area contributed by atoms with Crippen LogP contribution in [0.4, 0.5) is 0 Å². The summed E-state index contributed by atoms with van der Waals surface area (Å²) in [7, 11) is 3.34. The zero-order valence-electron chi connectivity index (χ0n) is 10.1. The van der Waals surface area contributed by atoms with Crippen LogP contribution in [0.15, 0.2) is 0 Å². The molecule has 0 heterocycles. The van der Waals surface area contributed by atoms with E-state index in [1.165, 1.54) is 4.90 Å².